The van der Waals surface area contributed by atoms with Crippen LogP contribution in [-0.4, -0.2) is 53.9 Å². The van der Waals surface area contributed by atoms with Crippen LogP contribution in [0.3, 0.4) is 0 Å². The molecule has 2 saturated heterocycles. The Kier molecular flexibility index (Phi) is 4.24. The molecule has 3 heterocycles. The number of rotatable bonds is 3. The van der Waals surface area contributed by atoms with Gasteiger partial charge in [0.1, 0.15) is 0 Å². The number of aromatic nitrogens is 1. The third-order valence-corrected chi connectivity index (χ3v) is 5.19. The molecule has 1 aromatic heterocycles. The minimum atomic E-state index is 0.314. The fourth-order valence-electron chi connectivity index (χ4n) is 3.60. The van der Waals surface area contributed by atoms with Crippen molar-refractivity contribution in [1.82, 2.24) is 14.8 Å². The van der Waals surface area contributed by atoms with Crippen molar-refractivity contribution in [3.63, 3.8) is 0 Å². The third kappa shape index (κ3) is 3.43. The highest BCUT2D eigenvalue weighted by Gasteiger charge is 2.41. The quantitative estimate of drug-likeness (QED) is 0.852. The lowest BCUT2D eigenvalue weighted by atomic mass is 9.78. The molecule has 4 heteroatoms. The molecule has 2 aliphatic rings. The zero-order chi connectivity index (χ0) is 14.7. The topological polar surface area (TPSA) is 36.4 Å². The van der Waals surface area contributed by atoms with Crippen LogP contribution >= 0.6 is 0 Å². The number of aryl methyl sites for hydroxylation is 1. The normalized spacial score (nSPS) is 21.9. The second-order valence-corrected chi connectivity index (χ2v) is 6.73. The number of amides is 1. The van der Waals surface area contributed by atoms with Crippen LogP contribution in [0, 0.1) is 5.41 Å². The van der Waals surface area contributed by atoms with Crippen LogP contribution in [0.2, 0.25) is 0 Å². The summed E-state index contributed by atoms with van der Waals surface area (Å²) in [4.78, 5) is 21.0. The van der Waals surface area contributed by atoms with Gasteiger partial charge in [-0.25, -0.2) is 0 Å². The number of piperidine rings is 1. The molecule has 2 fully saturated rings. The largest absolute Gasteiger partial charge is 0.342 e. The zero-order valence-electron chi connectivity index (χ0n) is 12.9. The lowest BCUT2D eigenvalue weighted by Gasteiger charge is -2.37. The molecule has 1 aromatic rings. The first-order valence-electron chi connectivity index (χ1n) is 8.02. The first-order chi connectivity index (χ1) is 10.2. The van der Waals surface area contributed by atoms with Crippen LogP contribution in [0.15, 0.2) is 24.5 Å². The Bertz CT molecular complexity index is 480. The first-order valence-corrected chi connectivity index (χ1v) is 8.02. The fraction of sp³-hybridized carbons (Fsp3) is 0.647. The lowest BCUT2D eigenvalue weighted by molar-refractivity contribution is -0.130. The monoisotopic (exact) mass is 287 g/mol. The van der Waals surface area contributed by atoms with E-state index in [4.69, 9.17) is 0 Å². The number of carbonyl (C=O) groups excluding carboxylic acids is 1. The summed E-state index contributed by atoms with van der Waals surface area (Å²) < 4.78 is 0. The predicted molar refractivity (Wildman–Crippen MR) is 82.9 cm³/mol. The van der Waals surface area contributed by atoms with E-state index < -0.39 is 0 Å². The summed E-state index contributed by atoms with van der Waals surface area (Å²) in [7, 11) is 2.19. The molecule has 0 unspecified atom stereocenters. The maximum atomic E-state index is 12.4. The van der Waals surface area contributed by atoms with E-state index in [0.717, 1.165) is 25.1 Å². The Labute approximate surface area is 127 Å². The Morgan fingerprint density at radius 3 is 2.76 bits per heavy atom. The molecule has 0 aliphatic carbocycles. The second kappa shape index (κ2) is 6.14. The fourth-order valence-corrected chi connectivity index (χ4v) is 3.60. The van der Waals surface area contributed by atoms with Crippen molar-refractivity contribution in [1.29, 1.82) is 0 Å². The van der Waals surface area contributed by atoms with Crippen LogP contribution in [-0.2, 0) is 11.2 Å². The van der Waals surface area contributed by atoms with Gasteiger partial charge >= 0.3 is 0 Å². The van der Waals surface area contributed by atoms with E-state index >= 15 is 0 Å². The highest BCUT2D eigenvalue weighted by atomic mass is 16.2. The number of pyridine rings is 1. The summed E-state index contributed by atoms with van der Waals surface area (Å²) in [6, 6.07) is 3.98. The number of carbonyl (C=O) groups is 1. The number of likely N-dealkylation sites (tertiary alicyclic amines) is 2. The third-order valence-electron chi connectivity index (χ3n) is 5.19. The van der Waals surface area contributed by atoms with Gasteiger partial charge in [0.05, 0.1) is 0 Å². The summed E-state index contributed by atoms with van der Waals surface area (Å²) in [6.07, 6.45) is 8.73. The number of nitrogens with zero attached hydrogens (tertiary/aromatic N) is 3. The Balaban J connectivity index is 1.50. The number of hydrogen-bond donors (Lipinski definition) is 0. The van der Waals surface area contributed by atoms with Gasteiger partial charge in [0.2, 0.25) is 5.91 Å². The minimum absolute atomic E-state index is 0.314. The van der Waals surface area contributed by atoms with Gasteiger partial charge in [-0.05, 0) is 62.9 Å². The van der Waals surface area contributed by atoms with Crippen molar-refractivity contribution in [3.8, 4) is 0 Å². The van der Waals surface area contributed by atoms with Crippen LogP contribution in [0.1, 0.15) is 31.2 Å². The van der Waals surface area contributed by atoms with E-state index in [1.807, 2.05) is 18.3 Å². The van der Waals surface area contributed by atoms with Crippen LogP contribution in [0.4, 0.5) is 0 Å². The summed E-state index contributed by atoms with van der Waals surface area (Å²) in [5.41, 5.74) is 1.57. The van der Waals surface area contributed by atoms with Gasteiger partial charge in [-0.3, -0.25) is 9.78 Å². The molecule has 114 valence electrons. The molecular formula is C17H25N3O. The maximum Gasteiger partial charge on any atom is 0.222 e. The van der Waals surface area contributed by atoms with Crippen molar-refractivity contribution in [2.45, 2.75) is 32.1 Å². The average molecular weight is 287 g/mol. The van der Waals surface area contributed by atoms with E-state index in [1.165, 1.54) is 32.4 Å². The van der Waals surface area contributed by atoms with Crippen molar-refractivity contribution < 1.29 is 4.79 Å². The van der Waals surface area contributed by atoms with Crippen molar-refractivity contribution in [3.05, 3.63) is 30.1 Å². The minimum Gasteiger partial charge on any atom is -0.342 e. The highest BCUT2D eigenvalue weighted by Crippen LogP contribution is 2.40. The Hall–Kier alpha value is -1.42. The molecule has 0 atom stereocenters. The first kappa shape index (κ1) is 14.5. The van der Waals surface area contributed by atoms with Gasteiger partial charge in [-0.15, -0.1) is 0 Å². The summed E-state index contributed by atoms with van der Waals surface area (Å²) >= 11 is 0. The zero-order valence-corrected chi connectivity index (χ0v) is 12.9. The molecule has 0 aromatic carbocycles. The SMILES string of the molecule is CN1CCC2(CC1)CCN(C(=O)CCc1cccnc1)C2. The molecule has 2 aliphatic heterocycles. The van der Waals surface area contributed by atoms with Gasteiger partial charge in [0, 0.05) is 31.9 Å². The van der Waals surface area contributed by atoms with E-state index in [9.17, 15) is 4.79 Å². The van der Waals surface area contributed by atoms with Gasteiger partial charge in [-0.2, -0.15) is 0 Å². The van der Waals surface area contributed by atoms with Gasteiger partial charge in [0.15, 0.2) is 0 Å². The molecule has 0 bridgehead atoms. The Morgan fingerprint density at radius 2 is 2.05 bits per heavy atom. The molecule has 0 radical (unpaired) electrons. The summed E-state index contributed by atoms with van der Waals surface area (Å²) in [5, 5.41) is 0. The molecule has 0 N–H and O–H groups in total. The maximum absolute atomic E-state index is 12.4. The lowest BCUT2D eigenvalue weighted by Crippen LogP contribution is -2.40. The molecule has 1 spiro atoms. The van der Waals surface area contributed by atoms with Crippen LogP contribution in [0.25, 0.3) is 0 Å². The molecule has 21 heavy (non-hydrogen) atoms. The molecule has 1 amide bonds. The molecular weight excluding hydrogens is 262 g/mol. The molecule has 3 rings (SSSR count). The Morgan fingerprint density at radius 1 is 1.29 bits per heavy atom. The van der Waals surface area contributed by atoms with Crippen molar-refractivity contribution in [2.75, 3.05) is 33.2 Å². The van der Waals surface area contributed by atoms with Gasteiger partial charge in [0.25, 0.3) is 0 Å². The van der Waals surface area contributed by atoms with E-state index in [0.29, 0.717) is 17.7 Å². The smallest absolute Gasteiger partial charge is 0.222 e. The van der Waals surface area contributed by atoms with Gasteiger partial charge < -0.3 is 9.80 Å². The average Bonchev–Trinajstić information content (AvgIpc) is 2.93. The van der Waals surface area contributed by atoms with Crippen molar-refractivity contribution >= 4 is 5.91 Å². The predicted octanol–water partition coefficient (Wildman–Crippen LogP) is 1.96. The van der Waals surface area contributed by atoms with Crippen molar-refractivity contribution in [2.24, 2.45) is 5.41 Å². The standard InChI is InChI=1S/C17H25N3O/c1-19-10-6-17(7-11-19)8-12-20(14-17)16(21)5-4-15-3-2-9-18-13-15/h2-3,9,13H,4-8,10-12,14H2,1H3. The van der Waals surface area contributed by atoms with Crippen LogP contribution < -0.4 is 0 Å². The van der Waals surface area contributed by atoms with E-state index in [2.05, 4.69) is 21.8 Å². The second-order valence-electron chi connectivity index (χ2n) is 6.73. The summed E-state index contributed by atoms with van der Waals surface area (Å²) in [5.74, 6) is 0.314. The molecule has 4 nitrogen and oxygen atoms in total. The molecule has 0 saturated carbocycles. The number of hydrogen-bond acceptors (Lipinski definition) is 3. The van der Waals surface area contributed by atoms with Crippen LogP contribution in [0.5, 0.6) is 0 Å². The summed E-state index contributed by atoms with van der Waals surface area (Å²) in [6.45, 7) is 4.29. The van der Waals surface area contributed by atoms with E-state index in [-0.39, 0.29) is 0 Å². The highest BCUT2D eigenvalue weighted by molar-refractivity contribution is 5.76. The van der Waals surface area contributed by atoms with Gasteiger partial charge in [-0.1, -0.05) is 6.07 Å². The van der Waals surface area contributed by atoms with E-state index in [1.54, 1.807) is 6.20 Å².